The van der Waals surface area contributed by atoms with Crippen molar-refractivity contribution in [2.45, 2.75) is 230 Å². The standard InChI is InChI=1S/C45H84O12S/c1-3-5-7-9-11-13-15-17-18-19-20-21-23-25-27-29-31-33-35-53-37-39(38-54-45-43(49)44(57-58(50,51)52)42(48)40(36-46)56-45)55-41(47)34-32-30-28-26-24-22-16-14-12-10-8-6-4-2/h8,10,14,16,39-40,42-46,48-49H,3-7,9,11-13,15,17-38H2,1-2H3,(H,50,51,52)/b10-8-,16-14-. The Morgan fingerprint density at radius 2 is 1.17 bits per heavy atom. The Kier molecular flexibility index (Phi) is 35.2. The molecule has 6 atom stereocenters. The molecule has 0 bridgehead atoms. The largest absolute Gasteiger partial charge is 0.457 e. The van der Waals surface area contributed by atoms with E-state index in [1.807, 2.05) is 0 Å². The molecule has 0 aliphatic carbocycles. The van der Waals surface area contributed by atoms with Crippen LogP contribution in [0.1, 0.15) is 194 Å². The van der Waals surface area contributed by atoms with Gasteiger partial charge in [-0.2, -0.15) is 8.42 Å². The molecule has 0 amide bonds. The predicted molar refractivity (Wildman–Crippen MR) is 230 cm³/mol. The van der Waals surface area contributed by atoms with E-state index in [9.17, 15) is 28.5 Å². The molecule has 4 N–H and O–H groups in total. The maximum absolute atomic E-state index is 12.8. The van der Waals surface area contributed by atoms with Gasteiger partial charge in [-0.25, -0.2) is 4.18 Å². The summed E-state index contributed by atoms with van der Waals surface area (Å²) in [5.74, 6) is -0.411. The zero-order valence-corrected chi connectivity index (χ0v) is 37.2. The Labute approximate surface area is 352 Å². The van der Waals surface area contributed by atoms with Crippen LogP contribution >= 0.6 is 0 Å². The van der Waals surface area contributed by atoms with Crippen molar-refractivity contribution in [2.24, 2.45) is 0 Å². The van der Waals surface area contributed by atoms with Crippen LogP contribution in [0.4, 0.5) is 0 Å². The Bertz CT molecular complexity index is 1120. The van der Waals surface area contributed by atoms with E-state index in [1.165, 1.54) is 103 Å². The van der Waals surface area contributed by atoms with Gasteiger partial charge in [0.05, 0.1) is 19.8 Å². The van der Waals surface area contributed by atoms with E-state index >= 15 is 0 Å². The van der Waals surface area contributed by atoms with Gasteiger partial charge in [0.25, 0.3) is 0 Å². The van der Waals surface area contributed by atoms with Crippen molar-refractivity contribution < 1.29 is 56.2 Å². The zero-order valence-electron chi connectivity index (χ0n) is 36.4. The van der Waals surface area contributed by atoms with Gasteiger partial charge >= 0.3 is 16.4 Å². The maximum atomic E-state index is 12.8. The van der Waals surface area contributed by atoms with E-state index in [1.54, 1.807) is 0 Å². The number of ether oxygens (including phenoxy) is 4. The van der Waals surface area contributed by atoms with Gasteiger partial charge in [0.15, 0.2) is 6.29 Å². The summed E-state index contributed by atoms with van der Waals surface area (Å²) in [5, 5.41) is 30.6. The summed E-state index contributed by atoms with van der Waals surface area (Å²) in [5.41, 5.74) is 0. The SMILES string of the molecule is CCC/C=C\C/C=C\CCCCCCCC(=O)OC(COCCCCCCCCCCCCCCCCCCCC)COC1OC(CO)C(O)C(OS(=O)(=O)O)C1O. The molecule has 0 aromatic rings. The minimum absolute atomic E-state index is 0.0342. The summed E-state index contributed by atoms with van der Waals surface area (Å²) < 4.78 is 59.0. The van der Waals surface area contributed by atoms with E-state index in [0.29, 0.717) is 13.0 Å². The number of allylic oxidation sites excluding steroid dienone is 4. The predicted octanol–water partition coefficient (Wildman–Crippen LogP) is 9.63. The first-order chi connectivity index (χ1) is 28.1. The lowest BCUT2D eigenvalue weighted by molar-refractivity contribution is -0.301. The fraction of sp³-hybridized carbons (Fsp3) is 0.889. The van der Waals surface area contributed by atoms with Crippen molar-refractivity contribution in [2.75, 3.05) is 26.4 Å². The third-order valence-corrected chi connectivity index (χ3v) is 11.0. The fourth-order valence-electron chi connectivity index (χ4n) is 7.06. The van der Waals surface area contributed by atoms with Crippen LogP contribution in [-0.4, -0.2) is 97.5 Å². The van der Waals surface area contributed by atoms with Gasteiger partial charge in [0, 0.05) is 13.0 Å². The summed E-state index contributed by atoms with van der Waals surface area (Å²) >= 11 is 0. The molecule has 0 aromatic carbocycles. The van der Waals surface area contributed by atoms with Gasteiger partial charge in [0.1, 0.15) is 30.5 Å². The monoisotopic (exact) mass is 849 g/mol. The lowest BCUT2D eigenvalue weighted by Crippen LogP contribution is -2.60. The first-order valence-electron chi connectivity index (χ1n) is 23.1. The van der Waals surface area contributed by atoms with Crippen LogP contribution in [0.3, 0.4) is 0 Å². The van der Waals surface area contributed by atoms with Gasteiger partial charge < -0.3 is 34.3 Å². The lowest BCUT2D eigenvalue weighted by atomic mass is 9.99. The van der Waals surface area contributed by atoms with Crippen LogP contribution in [0.15, 0.2) is 24.3 Å². The van der Waals surface area contributed by atoms with Crippen LogP contribution in [0.2, 0.25) is 0 Å². The summed E-state index contributed by atoms with van der Waals surface area (Å²) in [7, 11) is -5.06. The third-order valence-electron chi connectivity index (χ3n) is 10.6. The normalized spacial score (nSPS) is 20.7. The molecule has 1 rings (SSSR count). The Balaban J connectivity index is 2.40. The lowest BCUT2D eigenvalue weighted by Gasteiger charge is -2.41. The molecule has 0 spiro atoms. The molecule has 1 fully saturated rings. The van der Waals surface area contributed by atoms with E-state index in [-0.39, 0.29) is 19.6 Å². The zero-order chi connectivity index (χ0) is 42.5. The number of aliphatic hydroxyl groups excluding tert-OH is 3. The molecule has 1 heterocycles. The Morgan fingerprint density at radius 3 is 1.71 bits per heavy atom. The smallest absolute Gasteiger partial charge is 0.397 e. The Morgan fingerprint density at radius 1 is 0.655 bits per heavy atom. The van der Waals surface area contributed by atoms with E-state index in [4.69, 9.17) is 23.5 Å². The van der Waals surface area contributed by atoms with Crippen molar-refractivity contribution in [3.63, 3.8) is 0 Å². The molecule has 1 aliphatic rings. The minimum Gasteiger partial charge on any atom is -0.457 e. The molecule has 0 saturated carbocycles. The van der Waals surface area contributed by atoms with E-state index in [0.717, 1.165) is 64.2 Å². The number of rotatable bonds is 40. The van der Waals surface area contributed by atoms with Crippen molar-refractivity contribution in [1.29, 1.82) is 0 Å². The number of esters is 1. The molecule has 342 valence electrons. The summed E-state index contributed by atoms with van der Waals surface area (Å²) in [6, 6.07) is 0. The van der Waals surface area contributed by atoms with Crippen molar-refractivity contribution in [3.05, 3.63) is 24.3 Å². The second-order valence-corrected chi connectivity index (χ2v) is 17.0. The molecule has 1 aliphatic heterocycles. The highest BCUT2D eigenvalue weighted by molar-refractivity contribution is 7.80. The summed E-state index contributed by atoms with van der Waals surface area (Å²) in [6.45, 7) is 3.93. The molecule has 58 heavy (non-hydrogen) atoms. The summed E-state index contributed by atoms with van der Waals surface area (Å²) in [4.78, 5) is 12.8. The van der Waals surface area contributed by atoms with Crippen LogP contribution < -0.4 is 0 Å². The van der Waals surface area contributed by atoms with E-state index in [2.05, 4.69) is 42.3 Å². The van der Waals surface area contributed by atoms with Crippen LogP contribution in [0.5, 0.6) is 0 Å². The highest BCUT2D eigenvalue weighted by Crippen LogP contribution is 2.26. The third kappa shape index (κ3) is 30.6. The fourth-order valence-corrected chi connectivity index (χ4v) is 7.57. The summed E-state index contributed by atoms with van der Waals surface area (Å²) in [6.07, 6.45) is 32.1. The molecule has 12 nitrogen and oxygen atoms in total. The highest BCUT2D eigenvalue weighted by atomic mass is 32.3. The minimum atomic E-state index is -5.06. The van der Waals surface area contributed by atoms with Crippen LogP contribution in [-0.2, 0) is 38.3 Å². The molecule has 0 aromatic heterocycles. The second-order valence-electron chi connectivity index (χ2n) is 16.0. The van der Waals surface area contributed by atoms with Gasteiger partial charge in [-0.05, 0) is 38.5 Å². The van der Waals surface area contributed by atoms with Crippen LogP contribution in [0.25, 0.3) is 0 Å². The number of carbonyl (C=O) groups is 1. The molecule has 6 unspecified atom stereocenters. The average molecular weight is 849 g/mol. The highest BCUT2D eigenvalue weighted by Gasteiger charge is 2.48. The molecule has 13 heteroatoms. The quantitative estimate of drug-likeness (QED) is 0.0199. The van der Waals surface area contributed by atoms with Crippen molar-refractivity contribution >= 4 is 16.4 Å². The van der Waals surface area contributed by atoms with Gasteiger partial charge in [-0.15, -0.1) is 0 Å². The number of carbonyl (C=O) groups excluding carboxylic acids is 1. The molecular weight excluding hydrogens is 765 g/mol. The first kappa shape index (κ1) is 54.6. The van der Waals surface area contributed by atoms with Crippen molar-refractivity contribution in [1.82, 2.24) is 0 Å². The van der Waals surface area contributed by atoms with Crippen molar-refractivity contribution in [3.8, 4) is 0 Å². The van der Waals surface area contributed by atoms with Gasteiger partial charge in [0.2, 0.25) is 0 Å². The average Bonchev–Trinajstić information content (AvgIpc) is 3.19. The second kappa shape index (κ2) is 37.4. The number of aliphatic hydroxyl groups is 3. The first-order valence-corrected chi connectivity index (χ1v) is 24.5. The topological polar surface area (TPSA) is 178 Å². The van der Waals surface area contributed by atoms with Gasteiger partial charge in [-0.3, -0.25) is 9.35 Å². The van der Waals surface area contributed by atoms with Crippen LogP contribution in [0, 0.1) is 0 Å². The molecular formula is C45H84O12S. The van der Waals surface area contributed by atoms with Gasteiger partial charge in [-0.1, -0.05) is 173 Å². The maximum Gasteiger partial charge on any atom is 0.397 e. The molecule has 0 radical (unpaired) electrons. The molecule has 1 saturated heterocycles. The van der Waals surface area contributed by atoms with E-state index < -0.39 is 59.8 Å². The number of hydrogen-bond acceptors (Lipinski definition) is 11. The number of hydrogen-bond donors (Lipinski definition) is 4. The number of unbranched alkanes of at least 4 members (excludes halogenated alkanes) is 23. The Hall–Kier alpha value is -1.42.